The standard InChI is InChI=1S/C12H17ClN2O4S2/c1-2-5-9-6-3-4-7-14(9)21(18,19)11-8-10(15(16)17)12(13)20-11/h8-9H,2-7H2,1H3. The lowest BCUT2D eigenvalue weighted by Gasteiger charge is -2.34. The second kappa shape index (κ2) is 6.60. The average Bonchev–Trinajstić information content (AvgIpc) is 2.82. The van der Waals surface area contributed by atoms with Crippen LogP contribution in [0.4, 0.5) is 5.69 Å². The maximum absolute atomic E-state index is 12.7. The van der Waals surface area contributed by atoms with Crippen LogP contribution in [0, 0.1) is 10.1 Å². The number of piperidine rings is 1. The molecule has 1 fully saturated rings. The number of thiophene rings is 1. The van der Waals surface area contributed by atoms with E-state index in [9.17, 15) is 18.5 Å². The first-order valence-electron chi connectivity index (χ1n) is 6.83. The summed E-state index contributed by atoms with van der Waals surface area (Å²) in [6.45, 7) is 2.49. The molecule has 0 amide bonds. The summed E-state index contributed by atoms with van der Waals surface area (Å²) in [6.07, 6.45) is 4.39. The molecule has 0 aromatic carbocycles. The van der Waals surface area contributed by atoms with Crippen molar-refractivity contribution in [2.24, 2.45) is 0 Å². The van der Waals surface area contributed by atoms with Gasteiger partial charge in [0.2, 0.25) is 0 Å². The molecule has 21 heavy (non-hydrogen) atoms. The Kier molecular flexibility index (Phi) is 5.24. The molecular weight excluding hydrogens is 336 g/mol. The average molecular weight is 353 g/mol. The first-order valence-corrected chi connectivity index (χ1v) is 9.47. The molecule has 1 aliphatic rings. The molecule has 1 saturated heterocycles. The number of hydrogen-bond donors (Lipinski definition) is 0. The van der Waals surface area contributed by atoms with Crippen molar-refractivity contribution in [3.63, 3.8) is 0 Å². The van der Waals surface area contributed by atoms with Gasteiger partial charge < -0.3 is 0 Å². The summed E-state index contributed by atoms with van der Waals surface area (Å²) >= 11 is 6.53. The van der Waals surface area contributed by atoms with Crippen LogP contribution in [0.15, 0.2) is 10.3 Å². The summed E-state index contributed by atoms with van der Waals surface area (Å²) in [7, 11) is -3.71. The minimum atomic E-state index is -3.71. The molecule has 0 saturated carbocycles. The molecule has 0 aliphatic carbocycles. The Balaban J connectivity index is 2.36. The van der Waals surface area contributed by atoms with Crippen LogP contribution >= 0.6 is 22.9 Å². The van der Waals surface area contributed by atoms with Gasteiger partial charge in [0.25, 0.3) is 15.7 Å². The van der Waals surface area contributed by atoms with Crippen molar-refractivity contribution in [3.8, 4) is 0 Å². The van der Waals surface area contributed by atoms with E-state index in [0.29, 0.717) is 6.54 Å². The van der Waals surface area contributed by atoms with Crippen molar-refractivity contribution in [2.75, 3.05) is 6.54 Å². The first kappa shape index (κ1) is 16.7. The molecule has 2 rings (SSSR count). The van der Waals surface area contributed by atoms with Crippen molar-refractivity contribution in [2.45, 2.75) is 49.3 Å². The van der Waals surface area contributed by atoms with E-state index in [2.05, 4.69) is 0 Å². The zero-order valence-corrected chi connectivity index (χ0v) is 14.0. The largest absolute Gasteiger partial charge is 0.300 e. The molecule has 0 spiro atoms. The molecule has 6 nitrogen and oxygen atoms in total. The van der Waals surface area contributed by atoms with E-state index in [-0.39, 0.29) is 20.3 Å². The van der Waals surface area contributed by atoms with Crippen LogP contribution in [0.5, 0.6) is 0 Å². The lowest BCUT2D eigenvalue weighted by Crippen LogP contribution is -2.43. The number of rotatable bonds is 5. The maximum atomic E-state index is 12.7. The van der Waals surface area contributed by atoms with E-state index in [1.165, 1.54) is 4.31 Å². The fourth-order valence-electron chi connectivity index (χ4n) is 2.62. The quantitative estimate of drug-likeness (QED) is 0.598. The molecule has 0 bridgehead atoms. The van der Waals surface area contributed by atoms with E-state index in [0.717, 1.165) is 49.5 Å². The molecule has 1 aromatic rings. The Morgan fingerprint density at radius 1 is 1.52 bits per heavy atom. The van der Waals surface area contributed by atoms with Gasteiger partial charge in [-0.25, -0.2) is 8.42 Å². The minimum Gasteiger partial charge on any atom is -0.258 e. The van der Waals surface area contributed by atoms with Gasteiger partial charge in [0.15, 0.2) is 4.34 Å². The molecule has 1 unspecified atom stereocenters. The summed E-state index contributed by atoms with van der Waals surface area (Å²) in [5.41, 5.74) is -0.343. The summed E-state index contributed by atoms with van der Waals surface area (Å²) in [4.78, 5) is 10.2. The fourth-order valence-corrected chi connectivity index (χ4v) is 6.14. The maximum Gasteiger partial charge on any atom is 0.300 e. The van der Waals surface area contributed by atoms with Gasteiger partial charge in [-0.1, -0.05) is 31.4 Å². The highest BCUT2D eigenvalue weighted by Crippen LogP contribution is 2.39. The summed E-state index contributed by atoms with van der Waals surface area (Å²) in [5.74, 6) is 0. The Labute approximate surface area is 132 Å². The van der Waals surface area contributed by atoms with Crippen molar-refractivity contribution < 1.29 is 13.3 Å². The second-order valence-electron chi connectivity index (χ2n) is 5.04. The highest BCUT2D eigenvalue weighted by Gasteiger charge is 2.35. The lowest BCUT2D eigenvalue weighted by atomic mass is 10.0. The third kappa shape index (κ3) is 3.39. The van der Waals surface area contributed by atoms with Gasteiger partial charge in [0.1, 0.15) is 4.21 Å². The molecule has 1 aromatic heterocycles. The normalized spacial score (nSPS) is 20.6. The third-order valence-electron chi connectivity index (χ3n) is 3.60. The molecule has 118 valence electrons. The summed E-state index contributed by atoms with van der Waals surface area (Å²) < 4.78 is 26.8. The van der Waals surface area contributed by atoms with Gasteiger partial charge >= 0.3 is 0 Å². The van der Waals surface area contributed by atoms with Gasteiger partial charge in [0.05, 0.1) is 4.92 Å². The second-order valence-corrected chi connectivity index (χ2v) is 8.81. The van der Waals surface area contributed by atoms with E-state index in [4.69, 9.17) is 11.6 Å². The first-order chi connectivity index (χ1) is 9.87. The predicted molar refractivity (Wildman–Crippen MR) is 82.4 cm³/mol. The fraction of sp³-hybridized carbons (Fsp3) is 0.667. The predicted octanol–water partition coefficient (Wildman–Crippen LogP) is 3.65. The van der Waals surface area contributed by atoms with Crippen molar-refractivity contribution in [1.82, 2.24) is 4.31 Å². The number of sulfonamides is 1. The van der Waals surface area contributed by atoms with Gasteiger partial charge in [-0.05, 0) is 19.3 Å². The highest BCUT2D eigenvalue weighted by atomic mass is 35.5. The smallest absolute Gasteiger partial charge is 0.258 e. The number of halogens is 1. The van der Waals surface area contributed by atoms with Crippen LogP contribution in [-0.2, 0) is 10.0 Å². The van der Waals surface area contributed by atoms with Gasteiger partial charge in [-0.15, -0.1) is 11.3 Å². The SMILES string of the molecule is CCCC1CCCCN1S(=O)(=O)c1cc([N+](=O)[O-])c(Cl)s1. The van der Waals surface area contributed by atoms with Crippen molar-refractivity contribution in [3.05, 3.63) is 20.5 Å². The topological polar surface area (TPSA) is 80.5 Å². The van der Waals surface area contributed by atoms with Crippen LogP contribution in [0.2, 0.25) is 4.34 Å². The molecule has 9 heteroatoms. The summed E-state index contributed by atoms with van der Waals surface area (Å²) in [6, 6.07) is 1.05. The summed E-state index contributed by atoms with van der Waals surface area (Å²) in [5, 5.41) is 10.8. The molecule has 1 atom stereocenters. The molecule has 1 aliphatic heterocycles. The van der Waals surface area contributed by atoms with Crippen LogP contribution in [0.25, 0.3) is 0 Å². The van der Waals surface area contributed by atoms with Crippen molar-refractivity contribution in [1.29, 1.82) is 0 Å². The number of nitro groups is 1. The lowest BCUT2D eigenvalue weighted by molar-refractivity contribution is -0.384. The Morgan fingerprint density at radius 2 is 2.24 bits per heavy atom. The minimum absolute atomic E-state index is 0.0197. The number of nitrogens with zero attached hydrogens (tertiary/aromatic N) is 2. The Bertz CT molecular complexity index is 627. The molecule has 2 heterocycles. The molecular formula is C12H17ClN2O4S2. The van der Waals surface area contributed by atoms with Crippen molar-refractivity contribution >= 4 is 38.6 Å². The van der Waals surface area contributed by atoms with Crippen LogP contribution in [0.3, 0.4) is 0 Å². The Morgan fingerprint density at radius 3 is 2.81 bits per heavy atom. The van der Waals surface area contributed by atoms with Gasteiger partial charge in [0, 0.05) is 18.7 Å². The number of hydrogen-bond acceptors (Lipinski definition) is 5. The van der Waals surface area contributed by atoms with E-state index in [1.54, 1.807) is 0 Å². The Hall–Kier alpha value is -0.700. The highest BCUT2D eigenvalue weighted by molar-refractivity contribution is 7.91. The van der Waals surface area contributed by atoms with E-state index >= 15 is 0 Å². The van der Waals surface area contributed by atoms with Gasteiger partial charge in [-0.2, -0.15) is 4.31 Å². The molecule has 0 radical (unpaired) electrons. The zero-order valence-electron chi connectivity index (χ0n) is 11.6. The van der Waals surface area contributed by atoms with Crippen LogP contribution in [0.1, 0.15) is 39.0 Å². The van der Waals surface area contributed by atoms with Gasteiger partial charge in [-0.3, -0.25) is 10.1 Å². The van der Waals surface area contributed by atoms with E-state index in [1.807, 2.05) is 6.92 Å². The zero-order chi connectivity index (χ0) is 15.6. The monoisotopic (exact) mass is 352 g/mol. The third-order valence-corrected chi connectivity index (χ3v) is 7.34. The van der Waals surface area contributed by atoms with Crippen LogP contribution in [-0.4, -0.2) is 30.2 Å². The van der Waals surface area contributed by atoms with E-state index < -0.39 is 14.9 Å². The molecule has 0 N–H and O–H groups in total. The van der Waals surface area contributed by atoms with Crippen LogP contribution < -0.4 is 0 Å².